The van der Waals surface area contributed by atoms with Crippen LogP contribution >= 0.6 is 0 Å². The summed E-state index contributed by atoms with van der Waals surface area (Å²) in [5, 5.41) is 3.72. The van der Waals surface area contributed by atoms with E-state index in [1.54, 1.807) is 17.5 Å². The molecule has 3 amide bonds. The summed E-state index contributed by atoms with van der Waals surface area (Å²) in [4.78, 5) is 47.3. The summed E-state index contributed by atoms with van der Waals surface area (Å²) in [5.41, 5.74) is 13.3. The monoisotopic (exact) mass is 2070 g/mol. The minimum absolute atomic E-state index is 0.0402. The lowest BCUT2D eigenvalue weighted by Gasteiger charge is -2.59. The van der Waals surface area contributed by atoms with Crippen LogP contribution in [0.25, 0.3) is 0 Å². The first-order chi connectivity index (χ1) is 65.8. The molecule has 3 spiro atoms. The maximum absolute atomic E-state index is 13.9. The van der Waals surface area contributed by atoms with Crippen LogP contribution in [0.2, 0.25) is 90.7 Å². The minimum Gasteiger partial charge on any atom is -0.444 e. The van der Waals surface area contributed by atoms with Crippen molar-refractivity contribution in [2.24, 2.45) is 28.1 Å². The summed E-state index contributed by atoms with van der Waals surface area (Å²) in [6.45, 7) is 101. The lowest BCUT2D eigenvalue weighted by Crippen LogP contribution is -2.66. The molecule has 0 unspecified atom stereocenters. The zero-order valence-corrected chi connectivity index (χ0v) is 102. The Bertz CT molecular complexity index is 5550. The van der Waals surface area contributed by atoms with Gasteiger partial charge >= 0.3 is 18.3 Å². The van der Waals surface area contributed by atoms with E-state index in [1.165, 1.54) is 83.5 Å². The van der Waals surface area contributed by atoms with Gasteiger partial charge in [-0.25, -0.2) is 14.4 Å². The second-order valence-electron chi connectivity index (χ2n) is 56.8. The van der Waals surface area contributed by atoms with Gasteiger partial charge in [-0.15, -0.1) is 0 Å². The maximum atomic E-state index is 13.9. The van der Waals surface area contributed by atoms with Crippen molar-refractivity contribution >= 4 is 69.8 Å². The molecule has 3 aromatic carbocycles. The van der Waals surface area contributed by atoms with Gasteiger partial charge in [-0.3, -0.25) is 0 Å². The summed E-state index contributed by atoms with van der Waals surface area (Å²) in [5.74, 6) is 0.300. The standard InChI is InChI=1S/2C41H65NO5Si2.C37H55NO7Si/c2*1-26-17-18-30-33(34(26)48(13,14)37(7,8)9)31-23-32-40-20-19-29(28(3)47-49(15,16)38(10,11)12)39(40,24-27(2)41(30,32)45-31)25-42(21-22-44-40)35(43)46-36(4,5)6;1-23-13-14-26-28-19-29-36-16-15-27(25(3)45-46(11,12)34(7,8)9)35(36,21-38(17-18-42-36)32(39)44-33(4,5)6)20-30(41-22-40-10)37(29,43-28)31(26)24(23)2/h2*17-19,23,27-28,31H,20-22,24-25H2,1-16H3;13-15,19,25,28,30H,16-18,20-22H2,1-12H3/t27-,28-,31+,39+,40+,41+;27-,28-,31-,39+,40+,41-;25-,28+,30-,35+,36+,37+/m111/s1. The lowest BCUT2D eigenvalue weighted by atomic mass is 9.50. The quantitative estimate of drug-likeness (QED) is 0.0640. The summed E-state index contributed by atoms with van der Waals surface area (Å²) in [6, 6.07) is 13.9. The van der Waals surface area contributed by atoms with Crippen LogP contribution in [-0.4, -0.2) is 205 Å². The molecule has 0 radical (unpaired) electrons. The smallest absolute Gasteiger partial charge is 0.410 e. The number of rotatable bonds is 14. The molecule has 6 fully saturated rings. The minimum atomic E-state index is -2.16. The molecule has 6 bridgehead atoms. The molecule has 3 saturated heterocycles. The molecular weight excluding hydrogens is 1880 g/mol. The fourth-order valence-electron chi connectivity index (χ4n) is 28.2. The van der Waals surface area contributed by atoms with Gasteiger partial charge < -0.3 is 80.1 Å². The number of aryl methyl sites for hydroxylation is 3. The van der Waals surface area contributed by atoms with Crippen LogP contribution in [0.3, 0.4) is 0 Å². The van der Waals surface area contributed by atoms with Crippen molar-refractivity contribution < 1.29 is 79.8 Å². The fraction of sp³-hybridized carbons (Fsp3) is 0.723. The molecule has 15 aliphatic rings. The van der Waals surface area contributed by atoms with Gasteiger partial charge in [0.2, 0.25) is 0 Å². The largest absolute Gasteiger partial charge is 0.444 e. The SMILES string of the molecule is COCO[C@@H]1C[C@@]23CN(C(=O)OC(C)(C)C)CCO[C@@]2(CC=C3[C@@H](C)O[Si](C)(C)C(C)(C)C)C2=C[C@@H]3O[C@@]21c1c3ccc(C)c1C.Cc1ccc2c(c1[Si](C)(C)C(C)(C)C)[C@@H]1C=C3[C@]2(O1)[C@H](C)C[C@@]12CN(C(=O)OC(C)(C)C)CCO[C@@]31CC=C2[C@@H](C)O[Si](C)(C)C(C)(C)C.Cc1ccc2c(c1[Si](C)(C)C(C)(C)C)[C@H]1C=C3[C@@]45CC=C([C@@H](C)O[Si](C)(C)C(C)(C)C)[C@]4(C[C@@H](C)[C@]32O1)CN(C(=O)OC(C)(C)C)CCO5. The molecule has 25 heteroatoms. The average molecular weight is 2070 g/mol. The highest BCUT2D eigenvalue weighted by Crippen LogP contribution is 2.78. The molecule has 18 rings (SSSR count). The van der Waals surface area contributed by atoms with Gasteiger partial charge in [-0.05, 0) is 321 Å². The number of fused-ring (bicyclic) bond motifs is 9. The Labute approximate surface area is 872 Å². The number of methoxy groups -OCH3 is 1. The molecule has 9 heterocycles. The first-order valence-electron chi connectivity index (χ1n) is 54.6. The molecule has 20 nitrogen and oxygen atoms in total. The predicted molar refractivity (Wildman–Crippen MR) is 590 cm³/mol. The van der Waals surface area contributed by atoms with Crippen molar-refractivity contribution in [3.63, 3.8) is 0 Å². The van der Waals surface area contributed by atoms with Crippen molar-refractivity contribution in [3.8, 4) is 0 Å². The normalized spacial score (nSPS) is 32.2. The molecule has 18 atom stereocenters. The van der Waals surface area contributed by atoms with Crippen molar-refractivity contribution in [2.75, 3.05) is 73.0 Å². The number of hydrogen-bond donors (Lipinski definition) is 0. The molecule has 0 aromatic heterocycles. The molecule has 0 N–H and O–H groups in total. The van der Waals surface area contributed by atoms with E-state index in [2.05, 4.69) is 304 Å². The van der Waals surface area contributed by atoms with E-state index in [-0.39, 0.29) is 105 Å². The summed E-state index contributed by atoms with van der Waals surface area (Å²) in [7, 11) is -8.52. The maximum Gasteiger partial charge on any atom is 0.410 e. The average Bonchev–Trinajstić information content (AvgIpc) is 1.49. The number of carbonyl (C=O) groups is 3. The van der Waals surface area contributed by atoms with Crippen LogP contribution in [0.4, 0.5) is 14.4 Å². The number of ether oxygens (including phenoxy) is 11. The van der Waals surface area contributed by atoms with Gasteiger partial charge in [0.05, 0.1) is 60.4 Å². The van der Waals surface area contributed by atoms with Gasteiger partial charge in [0.1, 0.15) is 75.5 Å². The first kappa shape index (κ1) is 111. The van der Waals surface area contributed by atoms with Crippen molar-refractivity contribution in [1.29, 1.82) is 0 Å². The van der Waals surface area contributed by atoms with Crippen LogP contribution in [0.15, 0.2) is 106 Å². The van der Waals surface area contributed by atoms with E-state index < -0.39 is 108 Å². The number of benzene rings is 3. The van der Waals surface area contributed by atoms with Crippen molar-refractivity contribution in [3.05, 3.63) is 162 Å². The second-order valence-corrected chi connectivity index (χ2v) is 81.6. The Morgan fingerprint density at radius 3 is 1.03 bits per heavy atom. The van der Waals surface area contributed by atoms with E-state index in [9.17, 15) is 14.4 Å². The van der Waals surface area contributed by atoms with E-state index in [1.807, 2.05) is 77.0 Å². The van der Waals surface area contributed by atoms with Gasteiger partial charge in [0.25, 0.3) is 0 Å². The molecule has 798 valence electrons. The van der Waals surface area contributed by atoms with Crippen LogP contribution < -0.4 is 10.4 Å². The number of nitrogens with zero attached hydrogens (tertiary/aromatic N) is 3. The van der Waals surface area contributed by atoms with Crippen molar-refractivity contribution in [1.82, 2.24) is 14.7 Å². The van der Waals surface area contributed by atoms with E-state index in [4.69, 9.17) is 65.4 Å². The molecule has 3 saturated carbocycles. The van der Waals surface area contributed by atoms with E-state index in [0.717, 1.165) is 31.3 Å². The van der Waals surface area contributed by atoms with E-state index >= 15 is 0 Å². The fourth-order valence-corrected chi connectivity index (χ4v) is 37.8. The third-order valence-corrected chi connectivity index (χ3v) is 64.6. The Balaban J connectivity index is 0.000000155. The highest BCUT2D eigenvalue weighted by molar-refractivity contribution is 6.93. The van der Waals surface area contributed by atoms with Crippen LogP contribution in [0.5, 0.6) is 0 Å². The first-order valence-corrected chi connectivity index (χ1v) is 69.3. The zero-order chi connectivity index (χ0) is 107. The molecule has 3 aromatic rings. The highest BCUT2D eigenvalue weighted by atomic mass is 28.4. The van der Waals surface area contributed by atoms with Gasteiger partial charge in [-0.1, -0.05) is 210 Å². The Morgan fingerprint density at radius 2 is 0.715 bits per heavy atom. The van der Waals surface area contributed by atoms with E-state index in [0.29, 0.717) is 71.9 Å². The van der Waals surface area contributed by atoms with Crippen molar-refractivity contribution in [2.45, 2.75) is 451 Å². The third-order valence-electron chi connectivity index (χ3n) is 39.6. The number of hydrogen-bond acceptors (Lipinski definition) is 17. The molecular formula is C119H185N3O17Si5. The molecule has 144 heavy (non-hydrogen) atoms. The Morgan fingerprint density at radius 1 is 0.410 bits per heavy atom. The molecule has 6 aliphatic carbocycles. The van der Waals surface area contributed by atoms with Gasteiger partial charge in [0.15, 0.2) is 25.0 Å². The Hall–Kier alpha value is -5.45. The summed E-state index contributed by atoms with van der Waals surface area (Å²) in [6.07, 6.45) is 16.8. The number of amides is 3. The zero-order valence-electron chi connectivity index (χ0n) is 97.2. The Kier molecular flexibility index (Phi) is 27.7. The van der Waals surface area contributed by atoms with Gasteiger partial charge in [-0.2, -0.15) is 0 Å². The molecule has 9 aliphatic heterocycles. The topological polar surface area (TPSA) is 190 Å². The predicted octanol–water partition coefficient (Wildman–Crippen LogP) is 27.0. The number of carbonyl (C=O) groups excluding carboxylic acids is 3. The second kappa shape index (κ2) is 35.8. The summed E-state index contributed by atoms with van der Waals surface area (Å²) >= 11 is 0. The highest BCUT2D eigenvalue weighted by Gasteiger charge is 2.80. The third kappa shape index (κ3) is 16.9. The summed E-state index contributed by atoms with van der Waals surface area (Å²) < 4.78 is 95.6. The lowest BCUT2D eigenvalue weighted by molar-refractivity contribution is -0.219. The van der Waals surface area contributed by atoms with Crippen LogP contribution in [0, 0.1) is 55.8 Å². The van der Waals surface area contributed by atoms with Crippen LogP contribution in [-0.2, 0) is 82.2 Å². The van der Waals surface area contributed by atoms with Crippen LogP contribution in [0.1, 0.15) is 313 Å². The van der Waals surface area contributed by atoms with Gasteiger partial charge in [0, 0.05) is 73.8 Å².